The monoisotopic (exact) mass is 345 g/mol. The van der Waals surface area contributed by atoms with E-state index in [4.69, 9.17) is 4.74 Å². The van der Waals surface area contributed by atoms with E-state index >= 15 is 0 Å². The summed E-state index contributed by atoms with van der Waals surface area (Å²) in [7, 11) is -2.41. The Bertz CT molecular complexity index is 671. The fraction of sp³-hybridized carbons (Fsp3) is 0.625. The van der Waals surface area contributed by atoms with Gasteiger partial charge in [-0.15, -0.1) is 0 Å². The third kappa shape index (κ3) is 4.43. The summed E-state index contributed by atoms with van der Waals surface area (Å²) in [5.74, 6) is -0.661. The lowest BCUT2D eigenvalue weighted by molar-refractivity contribution is -0.787. The van der Waals surface area contributed by atoms with Gasteiger partial charge in [0.15, 0.2) is 11.6 Å². The maximum Gasteiger partial charge on any atom is 0.240 e. The van der Waals surface area contributed by atoms with Crippen LogP contribution in [0, 0.1) is 5.82 Å². The molecule has 5 nitrogen and oxygen atoms in total. The Balaban J connectivity index is 2.24. The van der Waals surface area contributed by atoms with Gasteiger partial charge in [0.2, 0.25) is 10.0 Å². The summed E-state index contributed by atoms with van der Waals surface area (Å²) in [6.07, 6.45) is 1.46. The average molecular weight is 345 g/mol. The fourth-order valence-corrected chi connectivity index (χ4v) is 4.95. The maximum atomic E-state index is 13.5. The second-order valence-electron chi connectivity index (χ2n) is 7.64. The van der Waals surface area contributed by atoms with Crippen molar-refractivity contribution in [3.63, 3.8) is 0 Å². The topological polar surface area (TPSA) is 72.0 Å². The molecule has 0 unspecified atom stereocenters. The van der Waals surface area contributed by atoms with E-state index in [1.165, 1.54) is 19.2 Å². The number of ether oxygens (including phenoxy) is 1. The van der Waals surface area contributed by atoms with Crippen molar-refractivity contribution in [2.45, 2.75) is 62.6 Å². The Hall–Kier alpha value is -1.18. The summed E-state index contributed by atoms with van der Waals surface area (Å²) in [6, 6.07) is 3.41. The predicted molar refractivity (Wildman–Crippen MR) is 86.4 cm³/mol. The van der Waals surface area contributed by atoms with Crippen LogP contribution < -0.4 is 14.8 Å². The van der Waals surface area contributed by atoms with Crippen LogP contribution in [0.25, 0.3) is 0 Å². The zero-order chi connectivity index (χ0) is 17.5. The SMILES string of the molecule is COc1cc(S(=O)(=O)NC2CC(C)(C)[NH2+]C(C)(C)C2)ccc1F. The highest BCUT2D eigenvalue weighted by Gasteiger charge is 2.42. The second-order valence-corrected chi connectivity index (χ2v) is 9.36. The molecule has 7 heteroatoms. The van der Waals surface area contributed by atoms with E-state index in [-0.39, 0.29) is 27.8 Å². The van der Waals surface area contributed by atoms with Gasteiger partial charge in [0.1, 0.15) is 0 Å². The van der Waals surface area contributed by atoms with Crippen molar-refractivity contribution in [1.82, 2.24) is 4.72 Å². The van der Waals surface area contributed by atoms with Gasteiger partial charge < -0.3 is 10.1 Å². The molecular weight excluding hydrogens is 319 g/mol. The Morgan fingerprint density at radius 1 is 1.22 bits per heavy atom. The van der Waals surface area contributed by atoms with Crippen LogP contribution in [0.2, 0.25) is 0 Å². The van der Waals surface area contributed by atoms with Crippen molar-refractivity contribution >= 4 is 10.0 Å². The first-order chi connectivity index (χ1) is 10.4. The molecule has 23 heavy (non-hydrogen) atoms. The maximum absolute atomic E-state index is 13.5. The average Bonchev–Trinajstić information content (AvgIpc) is 2.34. The number of hydrogen-bond acceptors (Lipinski definition) is 3. The highest BCUT2D eigenvalue weighted by molar-refractivity contribution is 7.89. The van der Waals surface area contributed by atoms with Crippen LogP contribution in [-0.2, 0) is 10.0 Å². The minimum Gasteiger partial charge on any atom is -0.494 e. The quantitative estimate of drug-likeness (QED) is 0.866. The Kier molecular flexibility index (Phi) is 4.76. The largest absolute Gasteiger partial charge is 0.494 e. The van der Waals surface area contributed by atoms with Crippen molar-refractivity contribution in [3.05, 3.63) is 24.0 Å². The third-order valence-corrected chi connectivity index (χ3v) is 5.60. The van der Waals surface area contributed by atoms with Gasteiger partial charge in [-0.2, -0.15) is 0 Å². The molecule has 0 aromatic heterocycles. The molecule has 0 aliphatic carbocycles. The van der Waals surface area contributed by atoms with Crippen LogP contribution >= 0.6 is 0 Å². The van der Waals surface area contributed by atoms with Crippen LogP contribution in [0.4, 0.5) is 4.39 Å². The molecule has 3 N–H and O–H groups in total. The molecular formula is C16H26FN2O3S+. The molecule has 1 heterocycles. The standard InChI is InChI=1S/C16H25FN2O3S/c1-15(2)9-11(10-16(3,4)19-15)18-23(20,21)12-6-7-13(17)14(8-12)22-5/h6-8,11,18-19H,9-10H2,1-5H3/p+1. The van der Waals surface area contributed by atoms with Crippen LogP contribution in [0.5, 0.6) is 5.75 Å². The molecule has 1 aliphatic heterocycles. The van der Waals surface area contributed by atoms with E-state index in [2.05, 4.69) is 37.7 Å². The number of sulfonamides is 1. The summed E-state index contributed by atoms with van der Waals surface area (Å²) in [5, 5.41) is 2.28. The predicted octanol–water partition coefficient (Wildman–Crippen LogP) is 1.40. The third-order valence-electron chi connectivity index (χ3n) is 4.08. The number of benzene rings is 1. The molecule has 1 aromatic carbocycles. The normalized spacial score (nSPS) is 21.1. The molecule has 1 fully saturated rings. The van der Waals surface area contributed by atoms with E-state index in [0.29, 0.717) is 0 Å². The van der Waals surface area contributed by atoms with Crippen LogP contribution in [-0.4, -0.2) is 32.6 Å². The van der Waals surface area contributed by atoms with Crippen LogP contribution in [0.1, 0.15) is 40.5 Å². The number of nitrogens with two attached hydrogens (primary N) is 1. The van der Waals surface area contributed by atoms with Crippen molar-refractivity contribution in [3.8, 4) is 5.75 Å². The first-order valence-corrected chi connectivity index (χ1v) is 9.15. The summed E-state index contributed by atoms with van der Waals surface area (Å²) < 4.78 is 46.3. The molecule has 1 aromatic rings. The molecule has 0 amide bonds. The van der Waals surface area contributed by atoms with Gasteiger partial charge in [0.05, 0.1) is 23.1 Å². The number of nitrogens with one attached hydrogen (secondary N) is 1. The van der Waals surface area contributed by atoms with Gasteiger partial charge in [-0.3, -0.25) is 0 Å². The lowest BCUT2D eigenvalue weighted by atomic mass is 9.80. The van der Waals surface area contributed by atoms with Gasteiger partial charge >= 0.3 is 0 Å². The Morgan fingerprint density at radius 2 is 1.78 bits per heavy atom. The Morgan fingerprint density at radius 3 is 2.30 bits per heavy atom. The number of methoxy groups -OCH3 is 1. The summed E-state index contributed by atoms with van der Waals surface area (Å²) in [6.45, 7) is 8.43. The molecule has 130 valence electrons. The number of piperidine rings is 1. The number of halogens is 1. The van der Waals surface area contributed by atoms with Crippen molar-refractivity contribution < 1.29 is 22.9 Å². The molecule has 0 atom stereocenters. The van der Waals surface area contributed by atoms with E-state index < -0.39 is 15.8 Å². The highest BCUT2D eigenvalue weighted by atomic mass is 32.2. The number of hydrogen-bond donors (Lipinski definition) is 2. The van der Waals surface area contributed by atoms with Gasteiger partial charge in [-0.25, -0.2) is 17.5 Å². The second kappa shape index (κ2) is 6.03. The fourth-order valence-electron chi connectivity index (χ4n) is 3.70. The molecule has 1 saturated heterocycles. The number of quaternary nitrogens is 1. The Labute approximate surface area is 137 Å². The lowest BCUT2D eigenvalue weighted by Gasteiger charge is -2.43. The summed E-state index contributed by atoms with van der Waals surface area (Å²) >= 11 is 0. The molecule has 0 spiro atoms. The molecule has 0 saturated carbocycles. The van der Waals surface area contributed by atoms with Crippen LogP contribution in [0.15, 0.2) is 23.1 Å². The van der Waals surface area contributed by atoms with Crippen molar-refractivity contribution in [1.29, 1.82) is 0 Å². The molecule has 0 radical (unpaired) electrons. The minimum atomic E-state index is -3.72. The van der Waals surface area contributed by atoms with E-state index in [0.717, 1.165) is 18.9 Å². The van der Waals surface area contributed by atoms with E-state index in [9.17, 15) is 12.8 Å². The van der Waals surface area contributed by atoms with Crippen LogP contribution in [0.3, 0.4) is 0 Å². The zero-order valence-corrected chi connectivity index (χ0v) is 15.1. The summed E-state index contributed by atoms with van der Waals surface area (Å²) in [5.41, 5.74) is -0.0924. The van der Waals surface area contributed by atoms with E-state index in [1.807, 2.05) is 0 Å². The molecule has 2 rings (SSSR count). The van der Waals surface area contributed by atoms with Gasteiger partial charge in [0.25, 0.3) is 0 Å². The van der Waals surface area contributed by atoms with Gasteiger partial charge in [0, 0.05) is 24.9 Å². The summed E-state index contributed by atoms with van der Waals surface area (Å²) in [4.78, 5) is 0.0147. The van der Waals surface area contributed by atoms with Gasteiger partial charge in [-0.1, -0.05) is 0 Å². The number of rotatable bonds is 4. The first kappa shape index (κ1) is 18.2. The van der Waals surface area contributed by atoms with Crippen molar-refractivity contribution in [2.24, 2.45) is 0 Å². The lowest BCUT2D eigenvalue weighted by Crippen LogP contribution is -3.06. The molecule has 1 aliphatic rings. The van der Waals surface area contributed by atoms with Gasteiger partial charge in [-0.05, 0) is 39.8 Å². The van der Waals surface area contributed by atoms with E-state index in [1.54, 1.807) is 0 Å². The van der Waals surface area contributed by atoms with Crippen molar-refractivity contribution in [2.75, 3.05) is 7.11 Å². The molecule has 0 bridgehead atoms. The zero-order valence-electron chi connectivity index (χ0n) is 14.3. The minimum absolute atomic E-state index is 0.0147. The highest BCUT2D eigenvalue weighted by Crippen LogP contribution is 2.25. The smallest absolute Gasteiger partial charge is 0.240 e. The first-order valence-electron chi connectivity index (χ1n) is 7.67.